The third kappa shape index (κ3) is 4.17. The topological polar surface area (TPSA) is 61.8 Å². The van der Waals surface area contributed by atoms with E-state index < -0.39 is 11.5 Å². The van der Waals surface area contributed by atoms with Crippen LogP contribution in [0.2, 0.25) is 0 Å². The van der Waals surface area contributed by atoms with Crippen molar-refractivity contribution in [2.75, 3.05) is 26.8 Å². The van der Waals surface area contributed by atoms with Crippen LogP contribution in [0, 0.1) is 5.92 Å². The van der Waals surface area contributed by atoms with Gasteiger partial charge in [0.25, 0.3) is 0 Å². The van der Waals surface area contributed by atoms with Crippen LogP contribution in [0.4, 0.5) is 0 Å². The molecule has 1 aliphatic carbocycles. The number of ether oxygens (including phenoxy) is 1. The van der Waals surface area contributed by atoms with E-state index in [1.807, 2.05) is 13.8 Å². The van der Waals surface area contributed by atoms with E-state index in [0.717, 1.165) is 19.4 Å². The maximum absolute atomic E-state index is 11.9. The Kier molecular flexibility index (Phi) is 6.43. The Labute approximate surface area is 122 Å². The van der Waals surface area contributed by atoms with E-state index in [4.69, 9.17) is 4.74 Å². The van der Waals surface area contributed by atoms with Gasteiger partial charge in [0, 0.05) is 25.7 Å². The van der Waals surface area contributed by atoms with Gasteiger partial charge in [-0.3, -0.25) is 15.0 Å². The van der Waals surface area contributed by atoms with Gasteiger partial charge in [-0.1, -0.05) is 6.92 Å². The van der Waals surface area contributed by atoms with Crippen LogP contribution in [-0.4, -0.2) is 60.4 Å². The molecule has 5 heteroatoms. The van der Waals surface area contributed by atoms with Crippen molar-refractivity contribution in [2.24, 2.45) is 5.92 Å². The number of carboxylic acids is 1. The Morgan fingerprint density at radius 3 is 2.40 bits per heavy atom. The molecule has 1 fully saturated rings. The third-order valence-electron chi connectivity index (χ3n) is 4.09. The van der Waals surface area contributed by atoms with Crippen molar-refractivity contribution in [1.29, 1.82) is 0 Å². The SMILES string of the molecule is CCN(CC(NC(C)C)(C(=O)O)C1CC1)C(C)COC. The van der Waals surface area contributed by atoms with Crippen molar-refractivity contribution in [1.82, 2.24) is 10.2 Å². The highest BCUT2D eigenvalue weighted by molar-refractivity contribution is 5.80. The summed E-state index contributed by atoms with van der Waals surface area (Å²) in [6.45, 7) is 10.2. The average Bonchev–Trinajstić information content (AvgIpc) is 3.18. The third-order valence-corrected chi connectivity index (χ3v) is 4.09. The maximum Gasteiger partial charge on any atom is 0.325 e. The second-order valence-corrected chi connectivity index (χ2v) is 6.22. The lowest BCUT2D eigenvalue weighted by atomic mass is 9.90. The molecule has 0 radical (unpaired) electrons. The van der Waals surface area contributed by atoms with Gasteiger partial charge in [-0.2, -0.15) is 0 Å². The van der Waals surface area contributed by atoms with Crippen LogP contribution in [0.3, 0.4) is 0 Å². The second kappa shape index (κ2) is 7.38. The zero-order chi connectivity index (χ0) is 15.3. The van der Waals surface area contributed by atoms with Crippen molar-refractivity contribution in [3.05, 3.63) is 0 Å². The van der Waals surface area contributed by atoms with E-state index in [1.165, 1.54) is 0 Å². The summed E-state index contributed by atoms with van der Waals surface area (Å²) in [6, 6.07) is 0.375. The van der Waals surface area contributed by atoms with Crippen LogP contribution in [0.15, 0.2) is 0 Å². The summed E-state index contributed by atoms with van der Waals surface area (Å²) in [5, 5.41) is 13.2. The molecule has 0 aliphatic heterocycles. The van der Waals surface area contributed by atoms with Gasteiger partial charge < -0.3 is 9.84 Å². The summed E-state index contributed by atoms with van der Waals surface area (Å²) in [6.07, 6.45) is 2.00. The minimum atomic E-state index is -0.827. The van der Waals surface area contributed by atoms with E-state index in [2.05, 4.69) is 24.1 Å². The molecule has 0 aromatic heterocycles. The Morgan fingerprint density at radius 1 is 1.45 bits per heavy atom. The van der Waals surface area contributed by atoms with Crippen LogP contribution in [0.25, 0.3) is 0 Å². The molecular formula is C15H30N2O3. The first-order chi connectivity index (χ1) is 9.37. The molecule has 2 unspecified atom stereocenters. The van der Waals surface area contributed by atoms with Gasteiger partial charge in [-0.05, 0) is 46.1 Å². The molecule has 0 heterocycles. The first-order valence-corrected chi connectivity index (χ1v) is 7.61. The summed E-state index contributed by atoms with van der Waals surface area (Å²) in [4.78, 5) is 14.1. The number of hydrogen-bond donors (Lipinski definition) is 2. The highest BCUT2D eigenvalue weighted by Gasteiger charge is 2.52. The fraction of sp³-hybridized carbons (Fsp3) is 0.933. The van der Waals surface area contributed by atoms with Crippen molar-refractivity contribution in [3.8, 4) is 0 Å². The van der Waals surface area contributed by atoms with E-state index in [-0.39, 0.29) is 18.0 Å². The molecule has 118 valence electrons. The molecule has 0 spiro atoms. The number of carboxylic acid groups (broad SMARTS) is 1. The molecule has 20 heavy (non-hydrogen) atoms. The van der Waals surface area contributed by atoms with Crippen LogP contribution in [0.5, 0.6) is 0 Å². The standard InChI is InChI=1S/C15H30N2O3/c1-6-17(12(4)9-20-5)10-15(14(18)19,13-7-8-13)16-11(2)3/h11-13,16H,6-10H2,1-5H3,(H,18,19). The molecule has 0 bridgehead atoms. The summed E-state index contributed by atoms with van der Waals surface area (Å²) in [5.41, 5.74) is -0.827. The van der Waals surface area contributed by atoms with Crippen molar-refractivity contribution in [2.45, 2.75) is 58.2 Å². The van der Waals surface area contributed by atoms with Gasteiger partial charge in [0.1, 0.15) is 5.54 Å². The Hall–Kier alpha value is -0.650. The van der Waals surface area contributed by atoms with Crippen LogP contribution in [0.1, 0.15) is 40.5 Å². The lowest BCUT2D eigenvalue weighted by molar-refractivity contribution is -0.147. The van der Waals surface area contributed by atoms with Crippen molar-refractivity contribution >= 4 is 5.97 Å². The molecule has 2 N–H and O–H groups in total. The van der Waals surface area contributed by atoms with Crippen LogP contribution < -0.4 is 5.32 Å². The minimum absolute atomic E-state index is 0.156. The van der Waals surface area contributed by atoms with E-state index >= 15 is 0 Å². The zero-order valence-corrected chi connectivity index (χ0v) is 13.5. The number of nitrogens with one attached hydrogen (secondary N) is 1. The smallest absolute Gasteiger partial charge is 0.325 e. The fourth-order valence-electron chi connectivity index (χ4n) is 2.93. The van der Waals surface area contributed by atoms with E-state index in [9.17, 15) is 9.90 Å². The van der Waals surface area contributed by atoms with Gasteiger partial charge in [0.15, 0.2) is 0 Å². The van der Waals surface area contributed by atoms with Gasteiger partial charge in [-0.25, -0.2) is 0 Å². The Morgan fingerprint density at radius 2 is 2.05 bits per heavy atom. The first kappa shape index (κ1) is 17.4. The van der Waals surface area contributed by atoms with Gasteiger partial charge in [0.2, 0.25) is 0 Å². The number of carbonyl (C=O) groups is 1. The van der Waals surface area contributed by atoms with Gasteiger partial charge in [0.05, 0.1) is 6.61 Å². The van der Waals surface area contributed by atoms with E-state index in [0.29, 0.717) is 13.2 Å². The monoisotopic (exact) mass is 286 g/mol. The molecule has 0 amide bonds. The fourth-order valence-corrected chi connectivity index (χ4v) is 2.93. The predicted octanol–water partition coefficient (Wildman–Crippen LogP) is 1.57. The first-order valence-electron chi connectivity index (χ1n) is 7.61. The maximum atomic E-state index is 11.9. The molecule has 5 nitrogen and oxygen atoms in total. The highest BCUT2D eigenvalue weighted by Crippen LogP contribution is 2.41. The molecule has 1 rings (SSSR count). The number of aliphatic carboxylic acids is 1. The number of rotatable bonds is 10. The predicted molar refractivity (Wildman–Crippen MR) is 79.9 cm³/mol. The summed E-state index contributed by atoms with van der Waals surface area (Å²) in [5.74, 6) is -0.483. The molecular weight excluding hydrogens is 256 g/mol. The molecule has 1 aliphatic rings. The number of methoxy groups -OCH3 is 1. The van der Waals surface area contributed by atoms with E-state index in [1.54, 1.807) is 7.11 Å². The van der Waals surface area contributed by atoms with Gasteiger partial charge >= 0.3 is 5.97 Å². The van der Waals surface area contributed by atoms with Crippen LogP contribution in [-0.2, 0) is 9.53 Å². The molecule has 0 aromatic rings. The largest absolute Gasteiger partial charge is 0.480 e. The molecule has 2 atom stereocenters. The number of hydrogen-bond acceptors (Lipinski definition) is 4. The Balaban J connectivity index is 2.89. The lowest BCUT2D eigenvalue weighted by Gasteiger charge is -2.39. The molecule has 1 saturated carbocycles. The van der Waals surface area contributed by atoms with Crippen molar-refractivity contribution < 1.29 is 14.6 Å². The quantitative estimate of drug-likeness (QED) is 0.638. The van der Waals surface area contributed by atoms with Gasteiger partial charge in [-0.15, -0.1) is 0 Å². The summed E-state index contributed by atoms with van der Waals surface area (Å²) in [7, 11) is 1.68. The molecule has 0 saturated heterocycles. The second-order valence-electron chi connectivity index (χ2n) is 6.22. The Bertz CT molecular complexity index is 318. The summed E-state index contributed by atoms with van der Waals surface area (Å²) < 4.78 is 5.21. The molecule has 0 aromatic carbocycles. The zero-order valence-electron chi connectivity index (χ0n) is 13.5. The summed E-state index contributed by atoms with van der Waals surface area (Å²) >= 11 is 0. The normalized spacial score (nSPS) is 20.1. The van der Waals surface area contributed by atoms with Crippen LogP contribution >= 0.6 is 0 Å². The highest BCUT2D eigenvalue weighted by atomic mass is 16.5. The number of likely N-dealkylation sites (N-methyl/N-ethyl adjacent to an activating group) is 1. The average molecular weight is 286 g/mol. The minimum Gasteiger partial charge on any atom is -0.480 e. The van der Waals surface area contributed by atoms with Crippen molar-refractivity contribution in [3.63, 3.8) is 0 Å². The number of nitrogens with zero attached hydrogens (tertiary/aromatic N) is 1. The lowest BCUT2D eigenvalue weighted by Crippen LogP contribution is -2.63.